The topological polar surface area (TPSA) is 29.5 Å². The highest BCUT2D eigenvalue weighted by atomic mass is 16.5. The summed E-state index contributed by atoms with van der Waals surface area (Å²) >= 11 is 0. The van der Waals surface area contributed by atoms with E-state index in [1.165, 1.54) is 5.56 Å². The molecule has 0 radical (unpaired) electrons. The lowest BCUT2D eigenvalue weighted by Crippen LogP contribution is -2.27. The van der Waals surface area contributed by atoms with Gasteiger partial charge >= 0.3 is 0 Å². The molecule has 2 unspecified atom stereocenters. The minimum Gasteiger partial charge on any atom is -0.390 e. The summed E-state index contributed by atoms with van der Waals surface area (Å²) in [5.41, 5.74) is 0.914. The Labute approximate surface area is 130 Å². The Morgan fingerprint density at radius 2 is 1.81 bits per heavy atom. The molecule has 0 heterocycles. The van der Waals surface area contributed by atoms with Gasteiger partial charge in [-0.1, -0.05) is 63.4 Å². The predicted molar refractivity (Wildman–Crippen MR) is 89.7 cm³/mol. The van der Waals surface area contributed by atoms with Crippen molar-refractivity contribution in [2.75, 3.05) is 13.7 Å². The molecule has 2 heteroatoms. The smallest absolute Gasteiger partial charge is 0.0645 e. The fraction of sp³-hybridized carbons (Fsp3) is 0.684. The van der Waals surface area contributed by atoms with Crippen LogP contribution in [-0.4, -0.2) is 24.4 Å². The molecule has 1 aromatic rings. The van der Waals surface area contributed by atoms with E-state index in [0.29, 0.717) is 5.92 Å². The van der Waals surface area contributed by atoms with Crippen molar-refractivity contribution < 1.29 is 9.84 Å². The molecule has 1 rings (SSSR count). The van der Waals surface area contributed by atoms with Gasteiger partial charge in [-0.3, -0.25) is 0 Å². The van der Waals surface area contributed by atoms with E-state index >= 15 is 0 Å². The third-order valence-electron chi connectivity index (χ3n) is 4.46. The molecule has 0 aliphatic carbocycles. The van der Waals surface area contributed by atoms with Crippen LogP contribution in [0.4, 0.5) is 0 Å². The average Bonchev–Trinajstić information content (AvgIpc) is 2.51. The molecule has 0 amide bonds. The first-order valence-corrected chi connectivity index (χ1v) is 8.41. The summed E-state index contributed by atoms with van der Waals surface area (Å²) < 4.78 is 5.37. The number of hydrogen-bond acceptors (Lipinski definition) is 2. The van der Waals surface area contributed by atoms with Gasteiger partial charge in [0.25, 0.3) is 0 Å². The molecular weight excluding hydrogens is 260 g/mol. The van der Waals surface area contributed by atoms with Crippen LogP contribution in [0, 0.1) is 0 Å². The standard InChI is InChI=1S/C19H32O2/c1-4-14-19(20,5-2)15-10-9-13-18(16-21-3)17-11-7-6-8-12-17/h6-8,11-12,18,20H,4-5,9-10,13-16H2,1-3H3. The molecule has 0 aromatic heterocycles. The zero-order valence-corrected chi connectivity index (χ0v) is 14.0. The number of rotatable bonds is 11. The normalized spacial score (nSPS) is 15.6. The largest absolute Gasteiger partial charge is 0.390 e. The highest BCUT2D eigenvalue weighted by molar-refractivity contribution is 5.19. The molecule has 2 atom stereocenters. The van der Waals surface area contributed by atoms with Gasteiger partial charge in [-0.05, 0) is 31.2 Å². The van der Waals surface area contributed by atoms with E-state index < -0.39 is 5.60 Å². The van der Waals surface area contributed by atoms with Crippen molar-refractivity contribution in [1.29, 1.82) is 0 Å². The minimum absolute atomic E-state index is 0.446. The molecule has 0 saturated carbocycles. The van der Waals surface area contributed by atoms with Crippen molar-refractivity contribution in [3.05, 3.63) is 35.9 Å². The Balaban J connectivity index is 2.41. The first-order valence-electron chi connectivity index (χ1n) is 8.41. The molecule has 2 nitrogen and oxygen atoms in total. The van der Waals surface area contributed by atoms with Crippen LogP contribution in [0.5, 0.6) is 0 Å². The van der Waals surface area contributed by atoms with Gasteiger partial charge in [-0.15, -0.1) is 0 Å². The van der Waals surface area contributed by atoms with Crippen LogP contribution in [0.2, 0.25) is 0 Å². The van der Waals surface area contributed by atoms with Crippen LogP contribution < -0.4 is 0 Å². The van der Waals surface area contributed by atoms with Crippen LogP contribution in [0.25, 0.3) is 0 Å². The molecular formula is C19H32O2. The summed E-state index contributed by atoms with van der Waals surface area (Å²) in [4.78, 5) is 0. The predicted octanol–water partition coefficient (Wildman–Crippen LogP) is 4.92. The molecule has 0 aliphatic rings. The third kappa shape index (κ3) is 6.62. The number of methoxy groups -OCH3 is 1. The van der Waals surface area contributed by atoms with Crippen molar-refractivity contribution in [1.82, 2.24) is 0 Å². The lowest BCUT2D eigenvalue weighted by Gasteiger charge is -2.26. The van der Waals surface area contributed by atoms with Crippen LogP contribution in [0.15, 0.2) is 30.3 Å². The van der Waals surface area contributed by atoms with Gasteiger partial charge in [-0.2, -0.15) is 0 Å². The van der Waals surface area contributed by atoms with Crippen molar-refractivity contribution in [3.63, 3.8) is 0 Å². The Kier molecular flexibility index (Phi) is 8.63. The van der Waals surface area contributed by atoms with E-state index in [1.54, 1.807) is 7.11 Å². The summed E-state index contributed by atoms with van der Waals surface area (Å²) in [6.45, 7) is 5.01. The van der Waals surface area contributed by atoms with E-state index in [-0.39, 0.29) is 0 Å². The molecule has 0 saturated heterocycles. The molecule has 120 valence electrons. The molecule has 1 N–H and O–H groups in total. The number of hydrogen-bond donors (Lipinski definition) is 1. The summed E-state index contributed by atoms with van der Waals surface area (Å²) in [5.74, 6) is 0.470. The van der Waals surface area contributed by atoms with Crippen molar-refractivity contribution >= 4 is 0 Å². The van der Waals surface area contributed by atoms with Crippen molar-refractivity contribution in [2.24, 2.45) is 0 Å². The minimum atomic E-state index is -0.446. The summed E-state index contributed by atoms with van der Waals surface area (Å²) in [6, 6.07) is 10.6. The fourth-order valence-electron chi connectivity index (χ4n) is 3.06. The quantitative estimate of drug-likeness (QED) is 0.587. The second-order valence-electron chi connectivity index (χ2n) is 6.14. The van der Waals surface area contributed by atoms with Crippen LogP contribution in [-0.2, 0) is 4.74 Å². The number of ether oxygens (including phenoxy) is 1. The van der Waals surface area contributed by atoms with Gasteiger partial charge in [0.1, 0.15) is 0 Å². The number of unbranched alkanes of at least 4 members (excludes halogenated alkanes) is 1. The van der Waals surface area contributed by atoms with Crippen LogP contribution >= 0.6 is 0 Å². The zero-order chi connectivity index (χ0) is 15.6. The maximum Gasteiger partial charge on any atom is 0.0645 e. The van der Waals surface area contributed by atoms with Gasteiger partial charge in [0.05, 0.1) is 12.2 Å². The second kappa shape index (κ2) is 9.97. The monoisotopic (exact) mass is 292 g/mol. The van der Waals surface area contributed by atoms with E-state index in [0.717, 1.165) is 51.6 Å². The molecule has 1 aromatic carbocycles. The van der Waals surface area contributed by atoms with E-state index in [1.807, 2.05) is 0 Å². The van der Waals surface area contributed by atoms with Gasteiger partial charge in [0, 0.05) is 13.0 Å². The summed E-state index contributed by atoms with van der Waals surface area (Å²) in [7, 11) is 1.77. The zero-order valence-electron chi connectivity index (χ0n) is 14.0. The Bertz CT molecular complexity index is 363. The van der Waals surface area contributed by atoms with Crippen molar-refractivity contribution in [2.45, 2.75) is 70.3 Å². The molecule has 0 fully saturated rings. The average molecular weight is 292 g/mol. The first kappa shape index (κ1) is 18.2. The molecule has 0 bridgehead atoms. The Hall–Kier alpha value is -0.860. The van der Waals surface area contributed by atoms with Crippen LogP contribution in [0.3, 0.4) is 0 Å². The number of benzene rings is 1. The van der Waals surface area contributed by atoms with Gasteiger partial charge in [-0.25, -0.2) is 0 Å². The third-order valence-corrected chi connectivity index (χ3v) is 4.46. The van der Waals surface area contributed by atoms with Gasteiger partial charge < -0.3 is 9.84 Å². The maximum atomic E-state index is 10.5. The van der Waals surface area contributed by atoms with Crippen LogP contribution in [0.1, 0.15) is 70.3 Å². The second-order valence-corrected chi connectivity index (χ2v) is 6.14. The lowest BCUT2D eigenvalue weighted by atomic mass is 9.87. The molecule has 0 aliphatic heterocycles. The highest BCUT2D eigenvalue weighted by Gasteiger charge is 2.22. The van der Waals surface area contributed by atoms with Gasteiger partial charge in [0.2, 0.25) is 0 Å². The summed E-state index contributed by atoms with van der Waals surface area (Å²) in [5, 5.41) is 10.5. The first-order chi connectivity index (χ1) is 10.1. The molecule has 0 spiro atoms. The van der Waals surface area contributed by atoms with Crippen molar-refractivity contribution in [3.8, 4) is 0 Å². The Morgan fingerprint density at radius 1 is 1.10 bits per heavy atom. The van der Waals surface area contributed by atoms with Gasteiger partial charge in [0.15, 0.2) is 0 Å². The number of aliphatic hydroxyl groups is 1. The highest BCUT2D eigenvalue weighted by Crippen LogP contribution is 2.27. The molecule has 21 heavy (non-hydrogen) atoms. The maximum absolute atomic E-state index is 10.5. The summed E-state index contributed by atoms with van der Waals surface area (Å²) in [6.07, 6.45) is 7.13. The van der Waals surface area contributed by atoms with E-state index in [2.05, 4.69) is 44.2 Å². The lowest BCUT2D eigenvalue weighted by molar-refractivity contribution is 0.0155. The Morgan fingerprint density at radius 3 is 2.38 bits per heavy atom. The van der Waals surface area contributed by atoms with E-state index in [4.69, 9.17) is 4.74 Å². The van der Waals surface area contributed by atoms with E-state index in [9.17, 15) is 5.11 Å². The SMILES string of the molecule is CCCC(O)(CC)CCCCC(COC)c1ccccc1. The fourth-order valence-corrected chi connectivity index (χ4v) is 3.06.